The second-order valence-electron chi connectivity index (χ2n) is 7.37. The molecule has 0 saturated carbocycles. The SMILES string of the molecule is CN1CCN(C(=O)c2ccc3nc(NC(=O)CCOc4ccccc4Cl)sc3c2)CC1. The molecule has 162 valence electrons. The van der Waals surface area contributed by atoms with Crippen LogP contribution in [0.4, 0.5) is 5.13 Å². The molecule has 2 heterocycles. The highest BCUT2D eigenvalue weighted by molar-refractivity contribution is 7.22. The minimum Gasteiger partial charge on any atom is -0.491 e. The molecular weight excluding hydrogens is 436 g/mol. The molecule has 1 aliphatic rings. The number of hydrogen-bond donors (Lipinski definition) is 1. The summed E-state index contributed by atoms with van der Waals surface area (Å²) in [5.74, 6) is 0.389. The van der Waals surface area contributed by atoms with Crippen LogP contribution in [0.1, 0.15) is 16.8 Å². The Morgan fingerprint density at radius 3 is 2.71 bits per heavy atom. The van der Waals surface area contributed by atoms with Crippen LogP contribution < -0.4 is 10.1 Å². The molecule has 1 saturated heterocycles. The quantitative estimate of drug-likeness (QED) is 0.609. The number of likely N-dealkylation sites (N-methyl/N-ethyl adjacent to an activating group) is 1. The highest BCUT2D eigenvalue weighted by Crippen LogP contribution is 2.28. The summed E-state index contributed by atoms with van der Waals surface area (Å²) in [6, 6.07) is 12.6. The van der Waals surface area contributed by atoms with Gasteiger partial charge in [-0.3, -0.25) is 9.59 Å². The van der Waals surface area contributed by atoms with E-state index in [1.54, 1.807) is 18.2 Å². The van der Waals surface area contributed by atoms with Crippen LogP contribution in [0, 0.1) is 0 Å². The maximum absolute atomic E-state index is 12.8. The van der Waals surface area contributed by atoms with Gasteiger partial charge in [0, 0.05) is 31.7 Å². The number of nitrogens with zero attached hydrogens (tertiary/aromatic N) is 3. The Balaban J connectivity index is 1.35. The van der Waals surface area contributed by atoms with Gasteiger partial charge in [-0.2, -0.15) is 0 Å². The summed E-state index contributed by atoms with van der Waals surface area (Å²) >= 11 is 7.39. The molecule has 1 fully saturated rings. The van der Waals surface area contributed by atoms with Gasteiger partial charge in [0.05, 0.1) is 28.3 Å². The summed E-state index contributed by atoms with van der Waals surface area (Å²) in [7, 11) is 2.06. The predicted octanol–water partition coefficient (Wildman–Crippen LogP) is 3.74. The van der Waals surface area contributed by atoms with Crippen molar-refractivity contribution < 1.29 is 14.3 Å². The van der Waals surface area contributed by atoms with Gasteiger partial charge in [-0.05, 0) is 37.4 Å². The molecule has 1 aliphatic heterocycles. The maximum Gasteiger partial charge on any atom is 0.253 e. The average molecular weight is 459 g/mol. The first-order valence-electron chi connectivity index (χ1n) is 10.1. The molecule has 4 rings (SSSR count). The molecular formula is C22H23ClN4O3S. The van der Waals surface area contributed by atoms with Crippen molar-refractivity contribution in [3.8, 4) is 5.75 Å². The molecule has 0 unspecified atom stereocenters. The van der Waals surface area contributed by atoms with E-state index in [4.69, 9.17) is 16.3 Å². The fourth-order valence-corrected chi connectivity index (χ4v) is 4.41. The Hall–Kier alpha value is -2.68. The molecule has 2 amide bonds. The van der Waals surface area contributed by atoms with Crippen LogP contribution in [0.2, 0.25) is 5.02 Å². The number of carbonyl (C=O) groups is 2. The van der Waals surface area contributed by atoms with Crippen LogP contribution in [0.5, 0.6) is 5.75 Å². The van der Waals surface area contributed by atoms with E-state index in [0.717, 1.165) is 36.4 Å². The number of thiazole rings is 1. The molecule has 0 atom stereocenters. The minimum absolute atomic E-state index is 0.0331. The van der Waals surface area contributed by atoms with Crippen LogP contribution in [0.3, 0.4) is 0 Å². The molecule has 1 N–H and O–H groups in total. The van der Waals surface area contributed by atoms with Crippen LogP contribution >= 0.6 is 22.9 Å². The lowest BCUT2D eigenvalue weighted by molar-refractivity contribution is -0.116. The van der Waals surface area contributed by atoms with Crippen molar-refractivity contribution in [1.82, 2.24) is 14.8 Å². The lowest BCUT2D eigenvalue weighted by Gasteiger charge is -2.32. The van der Waals surface area contributed by atoms with Crippen LogP contribution in [0.25, 0.3) is 10.2 Å². The molecule has 0 spiro atoms. The number of hydrogen-bond acceptors (Lipinski definition) is 6. The number of benzene rings is 2. The highest BCUT2D eigenvalue weighted by Gasteiger charge is 2.21. The Labute approximate surface area is 189 Å². The van der Waals surface area contributed by atoms with Gasteiger partial charge in [0.2, 0.25) is 5.91 Å². The number of fused-ring (bicyclic) bond motifs is 1. The van der Waals surface area contributed by atoms with E-state index >= 15 is 0 Å². The van der Waals surface area contributed by atoms with E-state index in [9.17, 15) is 9.59 Å². The summed E-state index contributed by atoms with van der Waals surface area (Å²) in [6.07, 6.45) is 0.175. The summed E-state index contributed by atoms with van der Waals surface area (Å²) < 4.78 is 6.42. The van der Waals surface area contributed by atoms with E-state index < -0.39 is 0 Å². The Bertz CT molecular complexity index is 1100. The number of piperazine rings is 1. The first-order valence-corrected chi connectivity index (χ1v) is 11.2. The third-order valence-corrected chi connectivity index (χ3v) is 6.34. The molecule has 3 aromatic rings. The Morgan fingerprint density at radius 2 is 1.94 bits per heavy atom. The van der Waals surface area contributed by atoms with Crippen molar-refractivity contribution in [2.24, 2.45) is 0 Å². The molecule has 31 heavy (non-hydrogen) atoms. The number of nitrogens with one attached hydrogen (secondary N) is 1. The fourth-order valence-electron chi connectivity index (χ4n) is 3.30. The van der Waals surface area contributed by atoms with Gasteiger partial charge in [0.15, 0.2) is 5.13 Å². The first-order chi connectivity index (χ1) is 15.0. The van der Waals surface area contributed by atoms with E-state index in [1.165, 1.54) is 11.3 Å². The lowest BCUT2D eigenvalue weighted by Crippen LogP contribution is -2.47. The number of aromatic nitrogens is 1. The number of rotatable bonds is 6. The van der Waals surface area contributed by atoms with Gasteiger partial charge in [0.25, 0.3) is 5.91 Å². The largest absolute Gasteiger partial charge is 0.491 e. The first kappa shape index (κ1) is 21.5. The normalized spacial score (nSPS) is 14.6. The van der Waals surface area contributed by atoms with Crippen LogP contribution in [-0.2, 0) is 4.79 Å². The Morgan fingerprint density at radius 1 is 1.16 bits per heavy atom. The molecule has 1 aromatic heterocycles. The lowest BCUT2D eigenvalue weighted by atomic mass is 10.1. The number of halogens is 1. The number of carbonyl (C=O) groups excluding carboxylic acids is 2. The third-order valence-electron chi connectivity index (χ3n) is 5.10. The smallest absolute Gasteiger partial charge is 0.253 e. The van der Waals surface area contributed by atoms with E-state index in [0.29, 0.717) is 21.5 Å². The summed E-state index contributed by atoms with van der Waals surface area (Å²) in [6.45, 7) is 3.43. The second kappa shape index (κ2) is 9.64. The van der Waals surface area contributed by atoms with Crippen molar-refractivity contribution in [2.75, 3.05) is 45.2 Å². The van der Waals surface area contributed by atoms with Crippen molar-refractivity contribution in [2.45, 2.75) is 6.42 Å². The zero-order valence-corrected chi connectivity index (χ0v) is 18.7. The van der Waals surface area contributed by atoms with Crippen molar-refractivity contribution >= 4 is 50.1 Å². The molecule has 2 aromatic carbocycles. The topological polar surface area (TPSA) is 74.8 Å². The fraction of sp³-hybridized carbons (Fsp3) is 0.318. The Kier molecular flexibility index (Phi) is 6.70. The standard InChI is InChI=1S/C22H23ClN4O3S/c1-26-9-11-27(12-10-26)21(29)15-6-7-17-19(14-15)31-22(24-17)25-20(28)8-13-30-18-5-3-2-4-16(18)23/h2-7,14H,8-13H2,1H3,(H,24,25,28). The summed E-state index contributed by atoms with van der Waals surface area (Å²) in [4.78, 5) is 33.6. The van der Waals surface area contributed by atoms with Crippen LogP contribution in [-0.4, -0.2) is 66.4 Å². The predicted molar refractivity (Wildman–Crippen MR) is 123 cm³/mol. The summed E-state index contributed by atoms with van der Waals surface area (Å²) in [5.41, 5.74) is 1.40. The van der Waals surface area contributed by atoms with Gasteiger partial charge < -0.3 is 19.9 Å². The van der Waals surface area contributed by atoms with Gasteiger partial charge >= 0.3 is 0 Å². The number of amides is 2. The monoisotopic (exact) mass is 458 g/mol. The molecule has 9 heteroatoms. The number of ether oxygens (including phenoxy) is 1. The zero-order valence-electron chi connectivity index (χ0n) is 17.1. The number of para-hydroxylation sites is 1. The van der Waals surface area contributed by atoms with Gasteiger partial charge in [-0.15, -0.1) is 0 Å². The van der Waals surface area contributed by atoms with Crippen molar-refractivity contribution in [1.29, 1.82) is 0 Å². The minimum atomic E-state index is -0.195. The van der Waals surface area contributed by atoms with E-state index in [2.05, 4.69) is 22.2 Å². The number of anilines is 1. The maximum atomic E-state index is 12.8. The molecule has 0 radical (unpaired) electrons. The van der Waals surface area contributed by atoms with Gasteiger partial charge in [-0.25, -0.2) is 4.98 Å². The highest BCUT2D eigenvalue weighted by atomic mass is 35.5. The van der Waals surface area contributed by atoms with Crippen molar-refractivity contribution in [3.63, 3.8) is 0 Å². The van der Waals surface area contributed by atoms with Gasteiger partial charge in [0.1, 0.15) is 5.75 Å². The zero-order chi connectivity index (χ0) is 21.8. The van der Waals surface area contributed by atoms with Crippen LogP contribution in [0.15, 0.2) is 42.5 Å². The molecule has 0 bridgehead atoms. The molecule has 7 nitrogen and oxygen atoms in total. The third kappa shape index (κ3) is 5.33. The average Bonchev–Trinajstić information content (AvgIpc) is 3.16. The second-order valence-corrected chi connectivity index (χ2v) is 8.81. The van der Waals surface area contributed by atoms with Gasteiger partial charge in [-0.1, -0.05) is 35.1 Å². The van der Waals surface area contributed by atoms with Crippen molar-refractivity contribution in [3.05, 3.63) is 53.1 Å². The molecule has 0 aliphatic carbocycles. The van der Waals surface area contributed by atoms with E-state index in [1.807, 2.05) is 29.2 Å². The summed E-state index contributed by atoms with van der Waals surface area (Å²) in [5, 5.41) is 3.82. The van der Waals surface area contributed by atoms with E-state index in [-0.39, 0.29) is 24.8 Å².